The Bertz CT molecular complexity index is 541. The Morgan fingerprint density at radius 3 is 2.32 bits per heavy atom. The molecule has 0 radical (unpaired) electrons. The molecule has 1 aliphatic rings. The molecule has 1 fully saturated rings. The zero-order valence-corrected chi connectivity index (χ0v) is 12.3. The van der Waals surface area contributed by atoms with Gasteiger partial charge in [0, 0.05) is 17.8 Å². The van der Waals surface area contributed by atoms with Gasteiger partial charge in [0.1, 0.15) is 6.42 Å². The molecule has 0 spiro atoms. The van der Waals surface area contributed by atoms with Gasteiger partial charge in [0.2, 0.25) is 11.8 Å². The molecule has 22 heavy (non-hydrogen) atoms. The summed E-state index contributed by atoms with van der Waals surface area (Å²) in [6, 6.07) is 3.19. The predicted molar refractivity (Wildman–Crippen MR) is 79.2 cm³/mol. The highest BCUT2D eigenvalue weighted by molar-refractivity contribution is 6.03. The molecule has 0 bridgehead atoms. The van der Waals surface area contributed by atoms with Gasteiger partial charge >= 0.3 is 0 Å². The molecule has 0 atom stereocenters. The summed E-state index contributed by atoms with van der Waals surface area (Å²) in [6.07, 6.45) is 6.10. The Morgan fingerprint density at radius 2 is 1.68 bits per heavy atom. The van der Waals surface area contributed by atoms with E-state index in [1.54, 1.807) is 0 Å². The number of halogens is 2. The van der Waals surface area contributed by atoms with Gasteiger partial charge in [0.15, 0.2) is 11.6 Å². The number of hydrogen-bond acceptors (Lipinski definition) is 2. The molecule has 0 saturated heterocycles. The standard InChI is InChI=1S/C16H20F2N2O2/c17-13-8-7-12(9-14(13)18)20-16(22)10-15(21)19-11-5-3-1-2-4-6-11/h7-9,11H,1-6,10H2,(H,19,21)(H,20,22). The van der Waals surface area contributed by atoms with Crippen LogP contribution < -0.4 is 10.6 Å². The van der Waals surface area contributed by atoms with Crippen LogP contribution in [0.4, 0.5) is 14.5 Å². The molecule has 120 valence electrons. The normalized spacial score (nSPS) is 15.9. The number of benzene rings is 1. The van der Waals surface area contributed by atoms with E-state index < -0.39 is 17.5 Å². The molecular formula is C16H20F2N2O2. The molecule has 6 heteroatoms. The number of carbonyl (C=O) groups excluding carboxylic acids is 2. The van der Waals surface area contributed by atoms with Crippen molar-refractivity contribution in [3.8, 4) is 0 Å². The molecule has 1 aromatic carbocycles. The summed E-state index contributed by atoms with van der Waals surface area (Å²) in [4.78, 5) is 23.6. The molecule has 1 aromatic rings. The maximum Gasteiger partial charge on any atom is 0.233 e. The lowest BCUT2D eigenvalue weighted by atomic mass is 10.1. The van der Waals surface area contributed by atoms with Crippen LogP contribution in [0, 0.1) is 11.6 Å². The summed E-state index contributed by atoms with van der Waals surface area (Å²) in [5.41, 5.74) is 0.131. The van der Waals surface area contributed by atoms with Crippen molar-refractivity contribution in [3.05, 3.63) is 29.8 Å². The fraction of sp³-hybridized carbons (Fsp3) is 0.500. The van der Waals surface area contributed by atoms with Gasteiger partial charge in [-0.25, -0.2) is 8.78 Å². The third-order valence-corrected chi connectivity index (χ3v) is 3.74. The molecular weight excluding hydrogens is 290 g/mol. The monoisotopic (exact) mass is 310 g/mol. The fourth-order valence-corrected chi connectivity index (χ4v) is 2.63. The van der Waals surface area contributed by atoms with E-state index >= 15 is 0 Å². The van der Waals surface area contributed by atoms with E-state index in [1.165, 1.54) is 18.9 Å². The van der Waals surface area contributed by atoms with E-state index in [2.05, 4.69) is 10.6 Å². The predicted octanol–water partition coefficient (Wildman–Crippen LogP) is 3.13. The largest absolute Gasteiger partial charge is 0.353 e. The van der Waals surface area contributed by atoms with Crippen LogP contribution in [-0.2, 0) is 9.59 Å². The molecule has 2 amide bonds. The van der Waals surface area contributed by atoms with E-state index in [4.69, 9.17) is 0 Å². The lowest BCUT2D eigenvalue weighted by Crippen LogP contribution is -2.36. The number of nitrogens with one attached hydrogen (secondary N) is 2. The maximum atomic E-state index is 13.0. The molecule has 1 aliphatic carbocycles. The quantitative estimate of drug-likeness (QED) is 0.663. The highest BCUT2D eigenvalue weighted by Crippen LogP contribution is 2.17. The summed E-state index contributed by atoms with van der Waals surface area (Å²) in [5, 5.41) is 5.25. The smallest absolute Gasteiger partial charge is 0.233 e. The van der Waals surface area contributed by atoms with E-state index in [-0.39, 0.29) is 24.1 Å². The van der Waals surface area contributed by atoms with Crippen LogP contribution in [0.5, 0.6) is 0 Å². The second-order valence-corrected chi connectivity index (χ2v) is 5.61. The number of carbonyl (C=O) groups is 2. The van der Waals surface area contributed by atoms with Crippen molar-refractivity contribution < 1.29 is 18.4 Å². The van der Waals surface area contributed by atoms with Crippen LogP contribution in [0.1, 0.15) is 44.9 Å². The summed E-state index contributed by atoms with van der Waals surface area (Å²) in [7, 11) is 0. The van der Waals surface area contributed by atoms with Crippen molar-refractivity contribution in [2.45, 2.75) is 51.0 Å². The Balaban J connectivity index is 1.80. The average molecular weight is 310 g/mol. The van der Waals surface area contributed by atoms with Gasteiger partial charge in [-0.3, -0.25) is 9.59 Å². The van der Waals surface area contributed by atoms with Crippen molar-refractivity contribution in [2.24, 2.45) is 0 Å². The van der Waals surface area contributed by atoms with E-state index in [0.29, 0.717) is 0 Å². The zero-order chi connectivity index (χ0) is 15.9. The molecule has 0 heterocycles. The SMILES string of the molecule is O=C(CC(=O)NC1CCCCCC1)Nc1ccc(F)c(F)c1. The van der Waals surface area contributed by atoms with Gasteiger partial charge in [-0.15, -0.1) is 0 Å². The van der Waals surface area contributed by atoms with Gasteiger partial charge in [-0.05, 0) is 25.0 Å². The van der Waals surface area contributed by atoms with Crippen molar-refractivity contribution in [3.63, 3.8) is 0 Å². The van der Waals surface area contributed by atoms with Gasteiger partial charge in [0.05, 0.1) is 0 Å². The minimum absolute atomic E-state index is 0.131. The van der Waals surface area contributed by atoms with E-state index in [9.17, 15) is 18.4 Å². The second-order valence-electron chi connectivity index (χ2n) is 5.61. The second kappa shape index (κ2) is 7.87. The van der Waals surface area contributed by atoms with Gasteiger partial charge < -0.3 is 10.6 Å². The number of anilines is 1. The topological polar surface area (TPSA) is 58.2 Å². The Kier molecular flexibility index (Phi) is 5.86. The Hall–Kier alpha value is -1.98. The van der Waals surface area contributed by atoms with Gasteiger partial charge in [-0.1, -0.05) is 25.7 Å². The maximum absolute atomic E-state index is 13.0. The van der Waals surface area contributed by atoms with Crippen LogP contribution in [0.3, 0.4) is 0 Å². The van der Waals surface area contributed by atoms with Crippen LogP contribution >= 0.6 is 0 Å². The van der Waals surface area contributed by atoms with Crippen LogP contribution in [0.15, 0.2) is 18.2 Å². The van der Waals surface area contributed by atoms with Crippen LogP contribution in [-0.4, -0.2) is 17.9 Å². The number of hydrogen-bond donors (Lipinski definition) is 2. The molecule has 1 saturated carbocycles. The molecule has 2 rings (SSSR count). The fourth-order valence-electron chi connectivity index (χ4n) is 2.63. The minimum Gasteiger partial charge on any atom is -0.353 e. The molecule has 0 unspecified atom stereocenters. The summed E-state index contributed by atoms with van der Waals surface area (Å²) < 4.78 is 25.8. The van der Waals surface area contributed by atoms with Crippen molar-refractivity contribution in [1.29, 1.82) is 0 Å². The first kappa shape index (κ1) is 16.4. The highest BCUT2D eigenvalue weighted by Gasteiger charge is 2.17. The lowest BCUT2D eigenvalue weighted by Gasteiger charge is -2.16. The van der Waals surface area contributed by atoms with E-state index in [1.807, 2.05) is 0 Å². The molecule has 2 N–H and O–H groups in total. The third-order valence-electron chi connectivity index (χ3n) is 3.74. The molecule has 4 nitrogen and oxygen atoms in total. The van der Waals surface area contributed by atoms with Gasteiger partial charge in [-0.2, -0.15) is 0 Å². The summed E-state index contributed by atoms with van der Waals surface area (Å²) in [6.45, 7) is 0. The van der Waals surface area contributed by atoms with Crippen molar-refractivity contribution in [1.82, 2.24) is 5.32 Å². The first-order chi connectivity index (χ1) is 10.5. The van der Waals surface area contributed by atoms with Crippen molar-refractivity contribution >= 4 is 17.5 Å². The average Bonchev–Trinajstić information content (AvgIpc) is 2.71. The first-order valence-corrected chi connectivity index (χ1v) is 7.59. The third kappa shape index (κ3) is 5.09. The molecule has 0 aliphatic heterocycles. The summed E-state index contributed by atoms with van der Waals surface area (Å²) in [5.74, 6) is -2.91. The number of amides is 2. The van der Waals surface area contributed by atoms with Crippen molar-refractivity contribution in [2.75, 3.05) is 5.32 Å². The Labute approximate surface area is 128 Å². The van der Waals surface area contributed by atoms with Crippen LogP contribution in [0.25, 0.3) is 0 Å². The van der Waals surface area contributed by atoms with Crippen LogP contribution in [0.2, 0.25) is 0 Å². The Morgan fingerprint density at radius 1 is 1.00 bits per heavy atom. The minimum atomic E-state index is -1.04. The lowest BCUT2D eigenvalue weighted by molar-refractivity contribution is -0.127. The number of rotatable bonds is 4. The summed E-state index contributed by atoms with van der Waals surface area (Å²) >= 11 is 0. The van der Waals surface area contributed by atoms with Gasteiger partial charge in [0.25, 0.3) is 0 Å². The zero-order valence-electron chi connectivity index (χ0n) is 12.3. The highest BCUT2D eigenvalue weighted by atomic mass is 19.2. The van der Waals surface area contributed by atoms with E-state index in [0.717, 1.165) is 37.8 Å². The molecule has 0 aromatic heterocycles. The first-order valence-electron chi connectivity index (χ1n) is 7.59.